The summed E-state index contributed by atoms with van der Waals surface area (Å²) in [5.74, 6) is 1.57. The van der Waals surface area contributed by atoms with Gasteiger partial charge in [0.1, 0.15) is 18.9 Å². The van der Waals surface area contributed by atoms with E-state index in [1.165, 1.54) is 61.4 Å². The highest BCUT2D eigenvalue weighted by molar-refractivity contribution is 7.00. The van der Waals surface area contributed by atoms with Gasteiger partial charge >= 0.3 is 0 Å². The maximum absolute atomic E-state index is 6.67. The second kappa shape index (κ2) is 12.8. The minimum absolute atomic E-state index is 0.00781. The van der Waals surface area contributed by atoms with Gasteiger partial charge in [0.2, 0.25) is 0 Å². The summed E-state index contributed by atoms with van der Waals surface area (Å²) in [6.07, 6.45) is 0. The van der Waals surface area contributed by atoms with Gasteiger partial charge in [-0.15, -0.1) is 0 Å². The van der Waals surface area contributed by atoms with Gasteiger partial charge in [-0.1, -0.05) is 129 Å². The van der Waals surface area contributed by atoms with Crippen molar-refractivity contribution in [2.45, 2.75) is 85.5 Å². The van der Waals surface area contributed by atoms with Crippen LogP contribution in [0.4, 0.5) is 34.1 Å². The third-order valence-corrected chi connectivity index (χ3v) is 11.9. The van der Waals surface area contributed by atoms with Gasteiger partial charge in [0, 0.05) is 34.0 Å². The first-order chi connectivity index (χ1) is 26.6. The van der Waals surface area contributed by atoms with E-state index in [1.54, 1.807) is 0 Å². The van der Waals surface area contributed by atoms with Crippen LogP contribution in [-0.4, -0.2) is 19.9 Å². The van der Waals surface area contributed by atoms with Crippen LogP contribution < -0.4 is 35.7 Å². The van der Waals surface area contributed by atoms with E-state index in [9.17, 15) is 0 Å². The standard InChI is InChI=1S/C51H53BN2O2/c1-32-28-43-46-44(29-32)54(47-38(33-14-12-11-13-15-33)22-25-45-48(47)56-27-26-55-45)42-24-19-36(51(8,9)10)31-40(42)52(46)39-30-35(50(5,6)7)18-23-41(39)53(43)37-20-16-34(17-21-37)49(2,3)4/h11-25,28-31H,26-27H2,1-10H3. The summed E-state index contributed by atoms with van der Waals surface area (Å²) in [5.41, 5.74) is 18.3. The lowest BCUT2D eigenvalue weighted by Crippen LogP contribution is -2.61. The highest BCUT2D eigenvalue weighted by atomic mass is 16.6. The normalized spacial score (nSPS) is 14.6. The molecule has 0 atom stereocenters. The summed E-state index contributed by atoms with van der Waals surface area (Å²) in [6, 6.07) is 43.5. The first-order valence-corrected chi connectivity index (χ1v) is 20.2. The van der Waals surface area contributed by atoms with Gasteiger partial charge in [0.05, 0.1) is 0 Å². The Kier molecular flexibility index (Phi) is 8.29. The number of rotatable bonds is 3. The zero-order valence-electron chi connectivity index (χ0n) is 34.7. The molecule has 4 nitrogen and oxygen atoms in total. The Bertz CT molecular complexity index is 2500. The Morgan fingerprint density at radius 2 is 1.05 bits per heavy atom. The Hall–Kier alpha value is -5.42. The monoisotopic (exact) mass is 736 g/mol. The number of anilines is 6. The van der Waals surface area contributed by atoms with Crippen LogP contribution in [0.15, 0.2) is 115 Å². The van der Waals surface area contributed by atoms with Crippen LogP contribution in [0, 0.1) is 6.92 Å². The number of benzene rings is 6. The number of nitrogens with zero attached hydrogens (tertiary/aromatic N) is 2. The number of ether oxygens (including phenoxy) is 2. The molecule has 0 aromatic heterocycles. The zero-order valence-corrected chi connectivity index (χ0v) is 34.7. The van der Waals surface area contributed by atoms with E-state index >= 15 is 0 Å². The Balaban J connectivity index is 1.41. The quantitative estimate of drug-likeness (QED) is 0.169. The van der Waals surface area contributed by atoms with Crippen LogP contribution in [0.5, 0.6) is 11.5 Å². The highest BCUT2D eigenvalue weighted by Crippen LogP contribution is 2.53. The zero-order chi connectivity index (χ0) is 39.3. The summed E-state index contributed by atoms with van der Waals surface area (Å²) >= 11 is 0. The number of fused-ring (bicyclic) bond motifs is 5. The highest BCUT2D eigenvalue weighted by Gasteiger charge is 2.45. The maximum Gasteiger partial charge on any atom is 0.252 e. The molecule has 6 aromatic rings. The van der Waals surface area contributed by atoms with E-state index in [0.29, 0.717) is 13.2 Å². The molecule has 0 unspecified atom stereocenters. The number of hydrogen-bond acceptors (Lipinski definition) is 4. The lowest BCUT2D eigenvalue weighted by molar-refractivity contribution is 0.172. The average Bonchev–Trinajstić information content (AvgIpc) is 3.16. The summed E-state index contributed by atoms with van der Waals surface area (Å²) in [4.78, 5) is 5.02. The van der Waals surface area contributed by atoms with E-state index in [0.717, 1.165) is 34.0 Å². The van der Waals surface area contributed by atoms with Crippen molar-refractivity contribution >= 4 is 57.2 Å². The maximum atomic E-state index is 6.67. The fourth-order valence-electron chi connectivity index (χ4n) is 8.88. The van der Waals surface area contributed by atoms with Crippen molar-refractivity contribution in [3.8, 4) is 22.6 Å². The molecule has 3 aliphatic rings. The molecule has 9 rings (SSSR count). The minimum atomic E-state index is -0.0418. The van der Waals surface area contributed by atoms with Crippen molar-refractivity contribution < 1.29 is 9.47 Å². The van der Waals surface area contributed by atoms with Crippen molar-refractivity contribution in [2.24, 2.45) is 0 Å². The van der Waals surface area contributed by atoms with E-state index in [2.05, 4.69) is 194 Å². The lowest BCUT2D eigenvalue weighted by Gasteiger charge is -2.45. The molecule has 0 spiro atoms. The molecule has 3 heterocycles. The van der Waals surface area contributed by atoms with Gasteiger partial charge in [-0.3, -0.25) is 0 Å². The predicted molar refractivity (Wildman–Crippen MR) is 238 cm³/mol. The predicted octanol–water partition coefficient (Wildman–Crippen LogP) is 11.4. The molecule has 56 heavy (non-hydrogen) atoms. The Morgan fingerprint density at radius 1 is 0.518 bits per heavy atom. The molecule has 0 saturated heterocycles. The van der Waals surface area contributed by atoms with Crippen LogP contribution in [0.2, 0.25) is 0 Å². The van der Waals surface area contributed by atoms with Crippen molar-refractivity contribution in [1.29, 1.82) is 0 Å². The van der Waals surface area contributed by atoms with E-state index < -0.39 is 0 Å². The lowest BCUT2D eigenvalue weighted by atomic mass is 9.33. The molecule has 6 aromatic carbocycles. The molecule has 282 valence electrons. The van der Waals surface area contributed by atoms with Gasteiger partial charge in [-0.05, 0) is 116 Å². The fraction of sp³-hybridized carbons (Fsp3) is 0.294. The van der Waals surface area contributed by atoms with Crippen LogP contribution in [0.1, 0.15) is 84.6 Å². The van der Waals surface area contributed by atoms with Gasteiger partial charge in [0.15, 0.2) is 11.5 Å². The third-order valence-electron chi connectivity index (χ3n) is 11.9. The van der Waals surface area contributed by atoms with Gasteiger partial charge in [-0.2, -0.15) is 0 Å². The molecular weight excluding hydrogens is 683 g/mol. The first kappa shape index (κ1) is 36.2. The second-order valence-electron chi connectivity index (χ2n) is 19.0. The Morgan fingerprint density at radius 3 is 1.64 bits per heavy atom. The van der Waals surface area contributed by atoms with Crippen molar-refractivity contribution in [2.75, 3.05) is 23.0 Å². The first-order valence-electron chi connectivity index (χ1n) is 20.2. The molecule has 0 bridgehead atoms. The summed E-state index contributed by atoms with van der Waals surface area (Å²) in [6.45, 7) is 24.0. The van der Waals surface area contributed by atoms with Crippen LogP contribution in [0.25, 0.3) is 11.1 Å². The molecule has 0 aliphatic carbocycles. The molecule has 0 amide bonds. The number of aryl methyl sites for hydroxylation is 1. The van der Waals surface area contributed by atoms with Crippen molar-refractivity contribution in [3.63, 3.8) is 0 Å². The third kappa shape index (κ3) is 5.90. The van der Waals surface area contributed by atoms with Crippen molar-refractivity contribution in [1.82, 2.24) is 0 Å². The van der Waals surface area contributed by atoms with E-state index in [-0.39, 0.29) is 23.0 Å². The molecule has 0 saturated carbocycles. The van der Waals surface area contributed by atoms with Gasteiger partial charge in [0.25, 0.3) is 6.71 Å². The number of hydrogen-bond donors (Lipinski definition) is 0. The van der Waals surface area contributed by atoms with Crippen LogP contribution in [0.3, 0.4) is 0 Å². The molecule has 0 radical (unpaired) electrons. The SMILES string of the molecule is Cc1cc2c3c(c1)N(c1c(-c4ccccc4)ccc4c1OCCO4)c1ccc(C(C)(C)C)cc1B3c1cc(C(C)(C)C)ccc1N2c1ccc(C(C)(C)C)cc1. The smallest absolute Gasteiger partial charge is 0.252 e. The minimum Gasteiger partial charge on any atom is -0.486 e. The fourth-order valence-corrected chi connectivity index (χ4v) is 8.88. The van der Waals surface area contributed by atoms with E-state index in [1.807, 2.05) is 0 Å². The molecular formula is C51H53BN2O2. The summed E-state index contributed by atoms with van der Waals surface area (Å²) < 4.78 is 13.0. The molecule has 3 aliphatic heterocycles. The van der Waals surface area contributed by atoms with E-state index in [4.69, 9.17) is 9.47 Å². The van der Waals surface area contributed by atoms with Gasteiger partial charge in [-0.25, -0.2) is 0 Å². The molecule has 5 heteroatoms. The van der Waals surface area contributed by atoms with Crippen molar-refractivity contribution in [3.05, 3.63) is 138 Å². The van der Waals surface area contributed by atoms with Gasteiger partial charge < -0.3 is 19.3 Å². The molecule has 0 fully saturated rings. The Labute approximate surface area is 334 Å². The average molecular weight is 737 g/mol. The summed E-state index contributed by atoms with van der Waals surface area (Å²) in [7, 11) is 0. The molecule has 0 N–H and O–H groups in total. The van der Waals surface area contributed by atoms with Crippen LogP contribution in [-0.2, 0) is 16.2 Å². The summed E-state index contributed by atoms with van der Waals surface area (Å²) in [5, 5.41) is 0. The topological polar surface area (TPSA) is 24.9 Å². The largest absolute Gasteiger partial charge is 0.486 e. The second-order valence-corrected chi connectivity index (χ2v) is 19.0. The van der Waals surface area contributed by atoms with Crippen LogP contribution >= 0.6 is 0 Å².